The fourth-order valence-electron chi connectivity index (χ4n) is 3.92. The molecule has 7 nitrogen and oxygen atoms in total. The van der Waals surface area contributed by atoms with Crippen LogP contribution in [0.4, 0.5) is 5.69 Å². The minimum Gasteiger partial charge on any atom is -0.350 e. The Morgan fingerprint density at radius 2 is 1.62 bits per heavy atom. The van der Waals surface area contributed by atoms with E-state index in [1.54, 1.807) is 61.5 Å². The van der Waals surface area contributed by atoms with Crippen molar-refractivity contribution < 1.29 is 18.0 Å². The highest BCUT2D eigenvalue weighted by Crippen LogP contribution is 2.27. The van der Waals surface area contributed by atoms with Crippen LogP contribution < -0.4 is 9.62 Å². The van der Waals surface area contributed by atoms with Crippen molar-refractivity contribution in [1.82, 2.24) is 10.2 Å². The van der Waals surface area contributed by atoms with E-state index in [0.717, 1.165) is 9.87 Å². The van der Waals surface area contributed by atoms with Crippen LogP contribution >= 0.6 is 23.2 Å². The molecule has 10 heteroatoms. The maximum atomic E-state index is 14.0. The molecule has 0 aliphatic rings. The van der Waals surface area contributed by atoms with E-state index in [1.165, 1.54) is 17.0 Å². The Kier molecular flexibility index (Phi) is 9.69. The number of anilines is 1. The first-order chi connectivity index (χ1) is 18.2. The van der Waals surface area contributed by atoms with Crippen molar-refractivity contribution in [1.29, 1.82) is 0 Å². The van der Waals surface area contributed by atoms with Gasteiger partial charge >= 0.3 is 0 Å². The SMILES string of the molecule is Cc1cccc(N(CC(=O)N(Cc2ccc(Cl)cc2Cl)C(C)C(=O)NC(C)(C)C)S(=O)(=O)c2ccccc2)c1. The molecule has 3 aromatic rings. The number of aryl methyl sites for hydroxylation is 1. The molecule has 0 aliphatic carbocycles. The number of carbonyl (C=O) groups is 2. The van der Waals surface area contributed by atoms with Gasteiger partial charge in [-0.25, -0.2) is 8.42 Å². The van der Waals surface area contributed by atoms with Gasteiger partial charge in [0.25, 0.3) is 10.0 Å². The predicted octanol–water partition coefficient (Wildman–Crippen LogP) is 5.83. The molecule has 0 fully saturated rings. The third-order valence-electron chi connectivity index (χ3n) is 5.92. The molecule has 1 unspecified atom stereocenters. The van der Waals surface area contributed by atoms with Gasteiger partial charge in [-0.1, -0.05) is 59.6 Å². The first-order valence-electron chi connectivity index (χ1n) is 12.4. The molecule has 1 atom stereocenters. The number of halogens is 2. The molecular formula is C29H33Cl2N3O4S. The molecular weight excluding hydrogens is 557 g/mol. The lowest BCUT2D eigenvalue weighted by Gasteiger charge is -2.33. The molecule has 0 aliphatic heterocycles. The molecule has 3 aromatic carbocycles. The van der Waals surface area contributed by atoms with E-state index in [4.69, 9.17) is 23.2 Å². The minimum absolute atomic E-state index is 0.0272. The van der Waals surface area contributed by atoms with E-state index < -0.39 is 34.1 Å². The van der Waals surface area contributed by atoms with Crippen LogP contribution in [-0.4, -0.2) is 43.3 Å². The van der Waals surface area contributed by atoms with Gasteiger partial charge in [0.05, 0.1) is 10.6 Å². The average Bonchev–Trinajstić information content (AvgIpc) is 2.85. The summed E-state index contributed by atoms with van der Waals surface area (Å²) in [7, 11) is -4.12. The average molecular weight is 591 g/mol. The summed E-state index contributed by atoms with van der Waals surface area (Å²) < 4.78 is 28.6. The quantitative estimate of drug-likeness (QED) is 0.340. The molecule has 0 saturated heterocycles. The van der Waals surface area contributed by atoms with Crippen molar-refractivity contribution >= 4 is 50.7 Å². The zero-order valence-corrected chi connectivity index (χ0v) is 24.9. The number of amides is 2. The molecule has 0 bridgehead atoms. The first kappa shape index (κ1) is 30.5. The monoisotopic (exact) mass is 589 g/mol. The van der Waals surface area contributed by atoms with Crippen LogP contribution in [0.15, 0.2) is 77.7 Å². The molecule has 39 heavy (non-hydrogen) atoms. The Labute approximate surface area is 240 Å². The lowest BCUT2D eigenvalue weighted by atomic mass is 10.1. The Hall–Kier alpha value is -3.07. The Balaban J connectivity index is 2.05. The molecule has 0 heterocycles. The summed E-state index contributed by atoms with van der Waals surface area (Å²) in [5.74, 6) is -0.951. The summed E-state index contributed by atoms with van der Waals surface area (Å²) in [6, 6.07) is 18.8. The van der Waals surface area contributed by atoms with Gasteiger partial charge in [-0.05, 0) is 82.1 Å². The molecule has 0 radical (unpaired) electrons. The topological polar surface area (TPSA) is 86.8 Å². The highest BCUT2D eigenvalue weighted by molar-refractivity contribution is 7.92. The largest absolute Gasteiger partial charge is 0.350 e. The van der Waals surface area contributed by atoms with E-state index >= 15 is 0 Å². The van der Waals surface area contributed by atoms with E-state index in [9.17, 15) is 18.0 Å². The maximum absolute atomic E-state index is 14.0. The summed E-state index contributed by atoms with van der Waals surface area (Å²) >= 11 is 12.5. The van der Waals surface area contributed by atoms with E-state index in [0.29, 0.717) is 21.3 Å². The lowest BCUT2D eigenvalue weighted by Crippen LogP contribution is -2.54. The lowest BCUT2D eigenvalue weighted by molar-refractivity contribution is -0.140. The zero-order valence-electron chi connectivity index (χ0n) is 22.6. The third kappa shape index (κ3) is 7.97. The van der Waals surface area contributed by atoms with Crippen molar-refractivity contribution in [2.75, 3.05) is 10.8 Å². The van der Waals surface area contributed by atoms with Crippen LogP contribution in [0, 0.1) is 6.92 Å². The van der Waals surface area contributed by atoms with Crippen molar-refractivity contribution in [3.8, 4) is 0 Å². The van der Waals surface area contributed by atoms with E-state index in [1.807, 2.05) is 33.8 Å². The summed E-state index contributed by atoms with van der Waals surface area (Å²) in [6.45, 7) is 8.40. The molecule has 0 spiro atoms. The van der Waals surface area contributed by atoms with Crippen molar-refractivity contribution in [2.45, 2.75) is 57.6 Å². The highest BCUT2D eigenvalue weighted by Gasteiger charge is 2.33. The Morgan fingerprint density at radius 3 is 2.21 bits per heavy atom. The third-order valence-corrected chi connectivity index (χ3v) is 8.30. The number of sulfonamides is 1. The van der Waals surface area contributed by atoms with Gasteiger partial charge in [0.2, 0.25) is 11.8 Å². The predicted molar refractivity (Wildman–Crippen MR) is 157 cm³/mol. The number of nitrogens with one attached hydrogen (secondary N) is 1. The molecule has 3 rings (SSSR count). The van der Waals surface area contributed by atoms with E-state index in [-0.39, 0.29) is 17.3 Å². The van der Waals surface area contributed by atoms with Crippen LogP contribution in [0.1, 0.15) is 38.8 Å². The summed E-state index contributed by atoms with van der Waals surface area (Å²) in [5, 5.41) is 3.65. The fraction of sp³-hybridized carbons (Fsp3) is 0.310. The smallest absolute Gasteiger partial charge is 0.264 e. The van der Waals surface area contributed by atoms with Crippen LogP contribution in [0.5, 0.6) is 0 Å². The molecule has 0 saturated carbocycles. The van der Waals surface area contributed by atoms with Crippen LogP contribution in [0.3, 0.4) is 0 Å². The fourth-order valence-corrected chi connectivity index (χ4v) is 5.82. The first-order valence-corrected chi connectivity index (χ1v) is 14.6. The number of hydrogen-bond donors (Lipinski definition) is 1. The van der Waals surface area contributed by atoms with Crippen LogP contribution in [0.2, 0.25) is 10.0 Å². The van der Waals surface area contributed by atoms with Gasteiger partial charge in [-0.15, -0.1) is 0 Å². The number of rotatable bonds is 9. The van der Waals surface area contributed by atoms with Gasteiger partial charge in [-0.2, -0.15) is 0 Å². The highest BCUT2D eigenvalue weighted by atomic mass is 35.5. The van der Waals surface area contributed by atoms with Gasteiger partial charge < -0.3 is 10.2 Å². The zero-order chi connectivity index (χ0) is 29.0. The van der Waals surface area contributed by atoms with Crippen molar-refractivity contribution in [3.05, 3.63) is 94.0 Å². The van der Waals surface area contributed by atoms with Gasteiger partial charge in [0, 0.05) is 22.1 Å². The summed E-state index contributed by atoms with van der Waals surface area (Å²) in [5.41, 5.74) is 1.19. The van der Waals surface area contributed by atoms with Gasteiger partial charge in [-0.3, -0.25) is 13.9 Å². The number of nitrogens with zero attached hydrogens (tertiary/aromatic N) is 2. The standard InChI is InChI=1S/C29H33Cl2N3O4S/c1-20-10-9-11-24(16-20)34(39(37,38)25-12-7-6-8-13-25)19-27(35)33(21(2)28(36)32-29(3,4)5)18-22-14-15-23(30)17-26(22)31/h6-17,21H,18-19H2,1-5H3,(H,32,36). The van der Waals surface area contributed by atoms with E-state index in [2.05, 4.69) is 5.32 Å². The van der Waals surface area contributed by atoms with Crippen molar-refractivity contribution in [2.24, 2.45) is 0 Å². The minimum atomic E-state index is -4.12. The molecule has 208 valence electrons. The summed E-state index contributed by atoms with van der Waals surface area (Å²) in [4.78, 5) is 28.5. The number of carbonyl (C=O) groups excluding carboxylic acids is 2. The van der Waals surface area contributed by atoms with Crippen LogP contribution in [0.25, 0.3) is 0 Å². The number of benzene rings is 3. The second-order valence-electron chi connectivity index (χ2n) is 10.3. The molecule has 0 aromatic heterocycles. The normalized spacial score (nSPS) is 12.5. The Bertz CT molecular complexity index is 1440. The van der Waals surface area contributed by atoms with Gasteiger partial charge in [0.1, 0.15) is 12.6 Å². The maximum Gasteiger partial charge on any atom is 0.264 e. The second-order valence-corrected chi connectivity index (χ2v) is 13.0. The molecule has 2 amide bonds. The summed E-state index contributed by atoms with van der Waals surface area (Å²) in [6.07, 6.45) is 0. The molecule has 1 N–H and O–H groups in total. The Morgan fingerprint density at radius 1 is 0.949 bits per heavy atom. The van der Waals surface area contributed by atoms with Crippen LogP contribution in [-0.2, 0) is 26.2 Å². The second kappa shape index (κ2) is 12.4. The number of hydrogen-bond acceptors (Lipinski definition) is 4. The van der Waals surface area contributed by atoms with Gasteiger partial charge in [0.15, 0.2) is 0 Å². The van der Waals surface area contributed by atoms with Crippen molar-refractivity contribution in [3.63, 3.8) is 0 Å².